The van der Waals surface area contributed by atoms with Gasteiger partial charge in [-0.1, -0.05) is 0 Å². The van der Waals surface area contributed by atoms with Crippen molar-refractivity contribution < 1.29 is 34.1 Å². The molecule has 0 aromatic heterocycles. The van der Waals surface area contributed by atoms with Gasteiger partial charge in [-0.15, -0.1) is 4.39 Å². The van der Waals surface area contributed by atoms with Gasteiger partial charge in [0.1, 0.15) is 0 Å². The third-order valence-electron chi connectivity index (χ3n) is 0.715. The van der Waals surface area contributed by atoms with Crippen LogP contribution in [0.4, 0.5) is 29.6 Å². The summed E-state index contributed by atoms with van der Waals surface area (Å²) in [6, 6.07) is 0. The molecule has 1 N–H and O–H groups in total. The minimum absolute atomic E-state index is 0.285. The number of halogens is 7. The van der Waals surface area contributed by atoms with Crippen LogP contribution in [0.2, 0.25) is 0 Å². The Morgan fingerprint density at radius 2 is 1.33 bits per heavy atom. The normalized spacial score (nSPS) is 15.3. The summed E-state index contributed by atoms with van der Waals surface area (Å²) >= 11 is 0. The quantitative estimate of drug-likeness (QED) is 0.191. The van der Waals surface area contributed by atoms with Crippen molar-refractivity contribution in [1.29, 1.82) is 0 Å². The van der Waals surface area contributed by atoms with Crippen molar-refractivity contribution in [2.45, 2.75) is 6.92 Å². The standard InChI is InChI=1S/C5H11FN2.F6P/c1-4-7-5(6)8(2)3;1-7(2,3,4,5)6/h4H2,1-3H3;/q;-1/p+1. The Kier molecular flexibility index (Phi) is 4.61. The molecule has 0 aromatic carbocycles. The predicted octanol–water partition coefficient (Wildman–Crippen LogP) is 3.58. The summed E-state index contributed by atoms with van der Waals surface area (Å²) in [6.45, 7) is 2.48. The monoisotopic (exact) mass is 264 g/mol. The third kappa shape index (κ3) is 42.5. The summed E-state index contributed by atoms with van der Waals surface area (Å²) in [7, 11) is -7.36. The van der Waals surface area contributed by atoms with Gasteiger partial charge < -0.3 is 0 Å². The van der Waals surface area contributed by atoms with Gasteiger partial charge >= 0.3 is 39.1 Å². The molecule has 0 saturated carbocycles. The zero-order valence-corrected chi connectivity index (χ0v) is 9.14. The Morgan fingerprint density at radius 3 is 1.40 bits per heavy atom. The van der Waals surface area contributed by atoms with Gasteiger partial charge in [-0.3, -0.25) is 0 Å². The number of hydrogen-bond acceptors (Lipinski definition) is 0. The van der Waals surface area contributed by atoms with Crippen molar-refractivity contribution >= 4 is 13.9 Å². The van der Waals surface area contributed by atoms with Gasteiger partial charge in [0.05, 0.1) is 20.6 Å². The van der Waals surface area contributed by atoms with E-state index in [4.69, 9.17) is 0 Å². The second kappa shape index (κ2) is 4.11. The molecular weight excluding hydrogens is 252 g/mol. The Labute approximate surface area is 82.0 Å². The number of rotatable bonds is 1. The summed E-state index contributed by atoms with van der Waals surface area (Å²) in [5.74, 6) is 0. The van der Waals surface area contributed by atoms with E-state index in [9.17, 15) is 29.6 Å². The minimum atomic E-state index is -10.7. The molecule has 0 heterocycles. The van der Waals surface area contributed by atoms with Crippen molar-refractivity contribution in [2.75, 3.05) is 20.6 Å². The Hall–Kier alpha value is -0.590. The molecule has 0 fully saturated rings. The van der Waals surface area contributed by atoms with Crippen LogP contribution in [0.5, 0.6) is 0 Å². The first-order valence-corrected chi connectivity index (χ1v) is 5.66. The molecule has 0 spiro atoms. The van der Waals surface area contributed by atoms with E-state index in [-0.39, 0.29) is 6.09 Å². The molecule has 0 aliphatic rings. The first-order chi connectivity index (χ1) is 6.13. The molecule has 0 aliphatic carbocycles. The fourth-order valence-corrected chi connectivity index (χ4v) is 0.304. The van der Waals surface area contributed by atoms with Crippen LogP contribution in [0.3, 0.4) is 0 Å². The van der Waals surface area contributed by atoms with Gasteiger partial charge in [0.25, 0.3) is 0 Å². The zero-order valence-electron chi connectivity index (χ0n) is 8.25. The molecule has 0 aromatic rings. The molecule has 0 saturated heterocycles. The Bertz CT molecular complexity index is 224. The van der Waals surface area contributed by atoms with Crippen LogP contribution in [-0.2, 0) is 0 Å². The summed E-state index contributed by atoms with van der Waals surface area (Å²) in [5, 5.41) is 2.52. The van der Waals surface area contributed by atoms with E-state index in [0.29, 0.717) is 6.54 Å². The first kappa shape index (κ1) is 16.8. The second-order valence-electron chi connectivity index (χ2n) is 2.67. The fraction of sp³-hybridized carbons (Fsp3) is 0.800. The SMILES string of the molecule is CCNC(F)=[N+](C)C.F[P-](F)(F)(F)(F)F. The number of hydrogen-bond donors (Lipinski definition) is 1. The third-order valence-corrected chi connectivity index (χ3v) is 0.715. The van der Waals surface area contributed by atoms with Crippen LogP contribution >= 0.6 is 7.81 Å². The zero-order chi connectivity index (χ0) is 13.0. The predicted molar refractivity (Wildman–Crippen MR) is 45.5 cm³/mol. The van der Waals surface area contributed by atoms with Gasteiger partial charge in [-0.2, -0.15) is 0 Å². The summed E-state index contributed by atoms with van der Waals surface area (Å²) in [6.07, 6.45) is -0.285. The molecule has 0 amide bonds. The van der Waals surface area contributed by atoms with Crippen LogP contribution in [0.1, 0.15) is 6.92 Å². The molecule has 0 atom stereocenters. The van der Waals surface area contributed by atoms with E-state index < -0.39 is 7.81 Å². The van der Waals surface area contributed by atoms with Crippen molar-refractivity contribution in [1.82, 2.24) is 5.32 Å². The van der Waals surface area contributed by atoms with E-state index in [0.717, 1.165) is 0 Å². The van der Waals surface area contributed by atoms with Gasteiger partial charge in [-0.05, 0) is 6.92 Å². The van der Waals surface area contributed by atoms with Crippen LogP contribution in [0.25, 0.3) is 0 Å². The number of nitrogens with one attached hydrogen (secondary N) is 1. The van der Waals surface area contributed by atoms with Gasteiger partial charge in [-0.25, -0.2) is 9.89 Å². The van der Waals surface area contributed by atoms with Gasteiger partial charge in [0.15, 0.2) is 0 Å². The van der Waals surface area contributed by atoms with Crippen LogP contribution in [-0.4, -0.2) is 31.3 Å². The molecule has 0 unspecified atom stereocenters. The maximum atomic E-state index is 12.3. The van der Waals surface area contributed by atoms with Crippen molar-refractivity contribution in [3.63, 3.8) is 0 Å². The van der Waals surface area contributed by atoms with E-state index >= 15 is 0 Å². The molecular formula is C5H12F7N2P. The van der Waals surface area contributed by atoms with E-state index in [1.54, 1.807) is 14.1 Å². The second-order valence-corrected chi connectivity index (χ2v) is 4.59. The average molecular weight is 264 g/mol. The van der Waals surface area contributed by atoms with E-state index in [2.05, 4.69) is 5.32 Å². The molecule has 0 bridgehead atoms. The molecule has 96 valence electrons. The maximum absolute atomic E-state index is 12.3. The molecule has 0 aliphatic heterocycles. The summed E-state index contributed by atoms with van der Waals surface area (Å²) in [5.41, 5.74) is 0. The average Bonchev–Trinajstić information content (AvgIpc) is 1.80. The Morgan fingerprint density at radius 1 is 1.07 bits per heavy atom. The number of nitrogens with zero attached hydrogens (tertiary/aromatic N) is 1. The van der Waals surface area contributed by atoms with E-state index in [1.807, 2.05) is 6.92 Å². The van der Waals surface area contributed by atoms with Gasteiger partial charge in [0.2, 0.25) is 0 Å². The van der Waals surface area contributed by atoms with Gasteiger partial charge in [0, 0.05) is 0 Å². The van der Waals surface area contributed by atoms with Crippen LogP contribution in [0.15, 0.2) is 0 Å². The fourth-order valence-electron chi connectivity index (χ4n) is 0.304. The molecule has 15 heavy (non-hydrogen) atoms. The molecule has 0 rings (SSSR count). The first-order valence-electron chi connectivity index (χ1n) is 3.63. The molecule has 2 nitrogen and oxygen atoms in total. The van der Waals surface area contributed by atoms with E-state index in [1.165, 1.54) is 4.58 Å². The Balaban J connectivity index is 0. The van der Waals surface area contributed by atoms with Crippen LogP contribution in [0, 0.1) is 0 Å². The van der Waals surface area contributed by atoms with Crippen LogP contribution < -0.4 is 5.32 Å². The number of amidine groups is 1. The summed E-state index contributed by atoms with van der Waals surface area (Å²) in [4.78, 5) is 0. The summed E-state index contributed by atoms with van der Waals surface area (Å²) < 4.78 is 72.8. The topological polar surface area (TPSA) is 15.0 Å². The molecule has 0 radical (unpaired) electrons. The van der Waals surface area contributed by atoms with Crippen molar-refractivity contribution in [3.05, 3.63) is 0 Å². The van der Waals surface area contributed by atoms with Crippen molar-refractivity contribution in [2.24, 2.45) is 0 Å². The van der Waals surface area contributed by atoms with Crippen molar-refractivity contribution in [3.8, 4) is 0 Å². The molecule has 10 heteroatoms.